The maximum absolute atomic E-state index is 12.3. The van der Waals surface area contributed by atoms with Crippen molar-refractivity contribution in [2.45, 2.75) is 12.8 Å². The summed E-state index contributed by atoms with van der Waals surface area (Å²) in [5.41, 5.74) is 5.35. The van der Waals surface area contributed by atoms with Crippen molar-refractivity contribution in [2.75, 3.05) is 5.73 Å². The number of nitriles is 1. The molecular formula is C8H6BrF2N3. The molecule has 0 atom stereocenters. The summed E-state index contributed by atoms with van der Waals surface area (Å²) in [5.74, 6) is -0.228. The van der Waals surface area contributed by atoms with E-state index in [-0.39, 0.29) is 17.8 Å². The first-order chi connectivity index (χ1) is 6.56. The van der Waals surface area contributed by atoms with Gasteiger partial charge in [0, 0.05) is 4.47 Å². The molecule has 74 valence electrons. The summed E-state index contributed by atoms with van der Waals surface area (Å²) in [6, 6.07) is 3.06. The van der Waals surface area contributed by atoms with E-state index in [1.165, 1.54) is 6.07 Å². The maximum atomic E-state index is 12.3. The predicted octanol–water partition coefficient (Wildman–Crippen LogP) is 2.43. The first kappa shape index (κ1) is 10.9. The highest BCUT2D eigenvalue weighted by Crippen LogP contribution is 2.28. The number of aromatic nitrogens is 1. The number of nitrogens with zero attached hydrogens (tertiary/aromatic N) is 2. The summed E-state index contributed by atoms with van der Waals surface area (Å²) >= 11 is 3.05. The third-order valence-corrected chi connectivity index (χ3v) is 2.28. The zero-order chi connectivity index (χ0) is 10.7. The topological polar surface area (TPSA) is 62.7 Å². The first-order valence-electron chi connectivity index (χ1n) is 3.66. The minimum absolute atomic E-state index is 0.0360. The van der Waals surface area contributed by atoms with Crippen LogP contribution in [0, 0.1) is 11.3 Å². The molecule has 0 fully saturated rings. The fourth-order valence-corrected chi connectivity index (χ4v) is 1.41. The molecule has 0 amide bonds. The summed E-state index contributed by atoms with van der Waals surface area (Å²) in [4.78, 5) is 3.71. The average molecular weight is 262 g/mol. The zero-order valence-corrected chi connectivity index (χ0v) is 8.55. The molecule has 1 rings (SSSR count). The smallest absolute Gasteiger partial charge is 0.267 e. The number of hydrogen-bond acceptors (Lipinski definition) is 3. The molecule has 0 saturated heterocycles. The van der Waals surface area contributed by atoms with Gasteiger partial charge in [-0.15, -0.1) is 0 Å². The van der Waals surface area contributed by atoms with Gasteiger partial charge in [0.15, 0.2) is 0 Å². The Kier molecular flexibility index (Phi) is 3.36. The molecule has 2 N–H and O–H groups in total. The Morgan fingerprint density at radius 3 is 2.79 bits per heavy atom. The Morgan fingerprint density at radius 2 is 2.29 bits per heavy atom. The van der Waals surface area contributed by atoms with Gasteiger partial charge in [-0.25, -0.2) is 13.8 Å². The van der Waals surface area contributed by atoms with Crippen LogP contribution in [0.5, 0.6) is 0 Å². The van der Waals surface area contributed by atoms with Crippen LogP contribution >= 0.6 is 15.9 Å². The zero-order valence-electron chi connectivity index (χ0n) is 6.97. The minimum atomic E-state index is -2.66. The van der Waals surface area contributed by atoms with E-state index in [0.29, 0.717) is 10.2 Å². The van der Waals surface area contributed by atoms with Gasteiger partial charge in [-0.3, -0.25) is 0 Å². The van der Waals surface area contributed by atoms with E-state index in [4.69, 9.17) is 11.0 Å². The molecule has 1 aromatic rings. The van der Waals surface area contributed by atoms with E-state index in [9.17, 15) is 8.78 Å². The molecule has 0 aliphatic heterocycles. The molecule has 3 nitrogen and oxygen atoms in total. The van der Waals surface area contributed by atoms with Crippen LogP contribution in [-0.4, -0.2) is 4.98 Å². The van der Waals surface area contributed by atoms with Crippen molar-refractivity contribution in [3.63, 3.8) is 0 Å². The number of hydrogen-bond donors (Lipinski definition) is 1. The number of rotatable bonds is 2. The summed E-state index contributed by atoms with van der Waals surface area (Å²) < 4.78 is 25.0. The van der Waals surface area contributed by atoms with Crippen LogP contribution in [0.4, 0.5) is 14.6 Å². The quantitative estimate of drug-likeness (QED) is 0.890. The highest BCUT2D eigenvalue weighted by molar-refractivity contribution is 9.10. The molecule has 0 radical (unpaired) electrons. The highest BCUT2D eigenvalue weighted by atomic mass is 79.9. The van der Waals surface area contributed by atoms with Crippen molar-refractivity contribution in [3.8, 4) is 6.07 Å². The summed E-state index contributed by atoms with van der Waals surface area (Å²) in [5, 5.41) is 8.41. The highest BCUT2D eigenvalue weighted by Gasteiger charge is 2.15. The van der Waals surface area contributed by atoms with Crippen LogP contribution in [-0.2, 0) is 6.42 Å². The molecule has 0 unspecified atom stereocenters. The molecule has 0 saturated carbocycles. The number of pyridine rings is 1. The van der Waals surface area contributed by atoms with E-state index in [2.05, 4.69) is 20.9 Å². The largest absolute Gasteiger partial charge is 0.383 e. The standard InChI is InChI=1S/C8H6BrF2N3/c9-5-3-4(7(10)11)8(13)14-6(5)1-2-12/h3,7H,1H2,(H2,13,14). The second-order valence-electron chi connectivity index (χ2n) is 2.53. The van der Waals surface area contributed by atoms with Crippen molar-refractivity contribution in [3.05, 3.63) is 21.8 Å². The van der Waals surface area contributed by atoms with Crippen LogP contribution in [0.3, 0.4) is 0 Å². The second kappa shape index (κ2) is 4.33. The molecule has 0 aromatic carbocycles. The van der Waals surface area contributed by atoms with Gasteiger partial charge in [-0.2, -0.15) is 5.26 Å². The van der Waals surface area contributed by atoms with Gasteiger partial charge in [-0.1, -0.05) is 0 Å². The summed E-state index contributed by atoms with van der Waals surface area (Å²) in [6.07, 6.45) is -2.62. The van der Waals surface area contributed by atoms with E-state index >= 15 is 0 Å². The van der Waals surface area contributed by atoms with Gasteiger partial charge in [-0.05, 0) is 22.0 Å². The van der Waals surface area contributed by atoms with Crippen molar-refractivity contribution < 1.29 is 8.78 Å². The number of anilines is 1. The van der Waals surface area contributed by atoms with Crippen molar-refractivity contribution in [1.82, 2.24) is 4.98 Å². The minimum Gasteiger partial charge on any atom is -0.383 e. The van der Waals surface area contributed by atoms with Crippen molar-refractivity contribution in [1.29, 1.82) is 5.26 Å². The van der Waals surface area contributed by atoms with E-state index in [0.717, 1.165) is 0 Å². The molecule has 0 aliphatic carbocycles. The number of halogens is 3. The van der Waals surface area contributed by atoms with Crippen LogP contribution in [0.25, 0.3) is 0 Å². The SMILES string of the molecule is N#CCc1nc(N)c(C(F)F)cc1Br. The van der Waals surface area contributed by atoms with E-state index < -0.39 is 6.43 Å². The molecule has 14 heavy (non-hydrogen) atoms. The lowest BCUT2D eigenvalue weighted by atomic mass is 10.2. The maximum Gasteiger partial charge on any atom is 0.267 e. The van der Waals surface area contributed by atoms with Gasteiger partial charge in [0.2, 0.25) is 0 Å². The fraction of sp³-hybridized carbons (Fsp3) is 0.250. The predicted molar refractivity (Wildman–Crippen MR) is 50.6 cm³/mol. The molecule has 0 spiro atoms. The summed E-state index contributed by atoms with van der Waals surface area (Å²) in [6.45, 7) is 0. The second-order valence-corrected chi connectivity index (χ2v) is 3.38. The van der Waals surface area contributed by atoms with E-state index in [1.54, 1.807) is 0 Å². The van der Waals surface area contributed by atoms with Crippen LogP contribution in [0.1, 0.15) is 17.7 Å². The third-order valence-electron chi connectivity index (χ3n) is 1.59. The number of nitrogens with two attached hydrogens (primary N) is 1. The van der Waals surface area contributed by atoms with Crippen molar-refractivity contribution in [2.24, 2.45) is 0 Å². The van der Waals surface area contributed by atoms with Crippen molar-refractivity contribution >= 4 is 21.7 Å². The van der Waals surface area contributed by atoms with E-state index in [1.807, 2.05) is 6.07 Å². The van der Waals surface area contributed by atoms with Crippen LogP contribution < -0.4 is 5.73 Å². The molecule has 1 aromatic heterocycles. The van der Waals surface area contributed by atoms with Gasteiger partial charge < -0.3 is 5.73 Å². The molecule has 0 bridgehead atoms. The Labute approximate surface area is 87.7 Å². The lowest BCUT2D eigenvalue weighted by molar-refractivity contribution is 0.152. The molecule has 1 heterocycles. The lowest BCUT2D eigenvalue weighted by Gasteiger charge is -2.06. The molecular weight excluding hydrogens is 256 g/mol. The third kappa shape index (κ3) is 2.17. The normalized spacial score (nSPS) is 10.2. The van der Waals surface area contributed by atoms with Gasteiger partial charge in [0.05, 0.1) is 23.7 Å². The average Bonchev–Trinajstić information content (AvgIpc) is 2.10. The van der Waals surface area contributed by atoms with Gasteiger partial charge in [0.1, 0.15) is 5.82 Å². The van der Waals surface area contributed by atoms with Crippen LogP contribution in [0.2, 0.25) is 0 Å². The lowest BCUT2D eigenvalue weighted by Crippen LogP contribution is -2.02. The Hall–Kier alpha value is -1.22. The Balaban J connectivity index is 3.18. The van der Waals surface area contributed by atoms with Crippen LogP contribution in [0.15, 0.2) is 10.5 Å². The first-order valence-corrected chi connectivity index (χ1v) is 4.45. The Morgan fingerprint density at radius 1 is 1.64 bits per heavy atom. The molecule has 6 heteroatoms. The van der Waals surface area contributed by atoms with Gasteiger partial charge >= 0.3 is 0 Å². The monoisotopic (exact) mass is 261 g/mol. The number of nitrogen functional groups attached to an aromatic ring is 1. The van der Waals surface area contributed by atoms with Gasteiger partial charge in [0.25, 0.3) is 6.43 Å². The Bertz CT molecular complexity index is 387. The molecule has 0 aliphatic rings. The fourth-order valence-electron chi connectivity index (χ4n) is 0.931. The number of alkyl halides is 2. The summed E-state index contributed by atoms with van der Waals surface area (Å²) in [7, 11) is 0.